The summed E-state index contributed by atoms with van der Waals surface area (Å²) in [5.41, 5.74) is 2.37. The third-order valence-corrected chi connectivity index (χ3v) is 6.95. The minimum atomic E-state index is -3.59. The van der Waals surface area contributed by atoms with Crippen LogP contribution in [0.25, 0.3) is 0 Å². The van der Waals surface area contributed by atoms with Gasteiger partial charge in [-0.1, -0.05) is 30.3 Å². The number of aromatic nitrogens is 3. The Balaban J connectivity index is 1.40. The Bertz CT molecular complexity index is 1150. The van der Waals surface area contributed by atoms with Crippen LogP contribution in [0, 0.1) is 6.92 Å². The lowest BCUT2D eigenvalue weighted by Crippen LogP contribution is -2.28. The molecule has 0 spiro atoms. The van der Waals surface area contributed by atoms with Crippen molar-refractivity contribution in [2.24, 2.45) is 0 Å². The molecule has 2 aromatic carbocycles. The number of fused-ring (bicyclic) bond motifs is 1. The summed E-state index contributed by atoms with van der Waals surface area (Å²) in [6, 6.07) is 14.6. The highest BCUT2D eigenvalue weighted by Crippen LogP contribution is 2.20. The molecular formula is C22H27N5O3S. The molecule has 0 bridgehead atoms. The van der Waals surface area contributed by atoms with Gasteiger partial charge >= 0.3 is 0 Å². The topological polar surface area (TPSA) is 89.3 Å². The highest BCUT2D eigenvalue weighted by Gasteiger charge is 2.21. The first-order valence-electron chi connectivity index (χ1n) is 10.3. The molecule has 0 amide bonds. The largest absolute Gasteiger partial charge is 0.496 e. The maximum atomic E-state index is 12.5. The lowest BCUT2D eigenvalue weighted by atomic mass is 10.1. The SMILES string of the molecule is COc1ccc(CN2CCc3nnc(CNS(=O)(=O)c4ccccc4)n3CC2)cc1C. The molecule has 9 heteroatoms. The van der Waals surface area contributed by atoms with Gasteiger partial charge in [-0.15, -0.1) is 10.2 Å². The Labute approximate surface area is 182 Å². The van der Waals surface area contributed by atoms with Crippen molar-refractivity contribution >= 4 is 10.0 Å². The molecule has 0 unspecified atom stereocenters. The van der Waals surface area contributed by atoms with Gasteiger partial charge in [-0.25, -0.2) is 13.1 Å². The van der Waals surface area contributed by atoms with Crippen molar-refractivity contribution in [3.05, 3.63) is 71.3 Å². The van der Waals surface area contributed by atoms with Crippen molar-refractivity contribution < 1.29 is 13.2 Å². The van der Waals surface area contributed by atoms with Crippen LogP contribution in [-0.4, -0.2) is 48.3 Å². The first-order valence-corrected chi connectivity index (χ1v) is 11.8. The fourth-order valence-electron chi connectivity index (χ4n) is 3.86. The molecule has 4 rings (SSSR count). The van der Waals surface area contributed by atoms with E-state index in [1.54, 1.807) is 37.4 Å². The molecule has 0 radical (unpaired) electrons. The fraction of sp³-hybridized carbons (Fsp3) is 0.364. The number of nitrogens with zero attached hydrogens (tertiary/aromatic N) is 4. The first kappa shape index (κ1) is 21.5. The average Bonchev–Trinajstić information content (AvgIpc) is 3.06. The number of hydrogen-bond acceptors (Lipinski definition) is 6. The van der Waals surface area contributed by atoms with Crippen molar-refractivity contribution in [3.63, 3.8) is 0 Å². The van der Waals surface area contributed by atoms with Crippen LogP contribution in [-0.2, 0) is 36.1 Å². The maximum absolute atomic E-state index is 12.5. The van der Waals surface area contributed by atoms with Crippen LogP contribution in [0.2, 0.25) is 0 Å². The van der Waals surface area contributed by atoms with Gasteiger partial charge in [0.2, 0.25) is 10.0 Å². The molecule has 1 aliphatic rings. The Morgan fingerprint density at radius 3 is 2.61 bits per heavy atom. The van der Waals surface area contributed by atoms with Crippen LogP contribution in [0.4, 0.5) is 0 Å². The van der Waals surface area contributed by atoms with Gasteiger partial charge in [0.25, 0.3) is 0 Å². The molecule has 1 N–H and O–H groups in total. The summed E-state index contributed by atoms with van der Waals surface area (Å²) < 4.78 is 35.0. The molecule has 2 heterocycles. The van der Waals surface area contributed by atoms with Crippen LogP contribution < -0.4 is 9.46 Å². The Morgan fingerprint density at radius 1 is 1.06 bits per heavy atom. The summed E-state index contributed by atoms with van der Waals surface area (Å²) in [4.78, 5) is 2.62. The molecule has 0 atom stereocenters. The standard InChI is InChI=1S/C22H27N5O3S/c1-17-14-18(8-9-20(17)30-2)16-26-11-10-21-24-25-22(27(21)13-12-26)15-23-31(28,29)19-6-4-3-5-7-19/h3-9,14,23H,10-13,15-16H2,1-2H3. The van der Waals surface area contributed by atoms with E-state index in [1.807, 2.05) is 10.6 Å². The van der Waals surface area contributed by atoms with E-state index in [1.165, 1.54) is 5.56 Å². The molecule has 0 saturated carbocycles. The number of aryl methyl sites for hydroxylation is 1. The first-order chi connectivity index (χ1) is 15.0. The van der Waals surface area contributed by atoms with E-state index in [0.717, 1.165) is 49.7 Å². The van der Waals surface area contributed by atoms with Crippen LogP contribution in [0.5, 0.6) is 5.75 Å². The van der Waals surface area contributed by atoms with E-state index in [4.69, 9.17) is 4.74 Å². The molecular weight excluding hydrogens is 414 g/mol. The monoisotopic (exact) mass is 441 g/mol. The number of nitrogens with one attached hydrogen (secondary N) is 1. The zero-order chi connectivity index (χ0) is 21.8. The lowest BCUT2D eigenvalue weighted by molar-refractivity contribution is 0.270. The summed E-state index contributed by atoms with van der Waals surface area (Å²) in [5, 5.41) is 8.53. The van der Waals surface area contributed by atoms with Gasteiger partial charge in [0.15, 0.2) is 0 Å². The lowest BCUT2D eigenvalue weighted by Gasteiger charge is -2.20. The van der Waals surface area contributed by atoms with Gasteiger partial charge in [-0.3, -0.25) is 4.90 Å². The molecule has 8 nitrogen and oxygen atoms in total. The van der Waals surface area contributed by atoms with Crippen LogP contribution >= 0.6 is 0 Å². The van der Waals surface area contributed by atoms with E-state index >= 15 is 0 Å². The fourth-order valence-corrected chi connectivity index (χ4v) is 4.86. The second-order valence-corrected chi connectivity index (χ2v) is 9.42. The molecule has 1 aliphatic heterocycles. The predicted molar refractivity (Wildman–Crippen MR) is 117 cm³/mol. The third kappa shape index (κ3) is 4.95. The third-order valence-electron chi connectivity index (χ3n) is 5.53. The highest BCUT2D eigenvalue weighted by atomic mass is 32.2. The number of rotatable bonds is 7. The highest BCUT2D eigenvalue weighted by molar-refractivity contribution is 7.89. The summed E-state index contributed by atoms with van der Waals surface area (Å²) >= 11 is 0. The minimum Gasteiger partial charge on any atom is -0.496 e. The van der Waals surface area contributed by atoms with Crippen molar-refractivity contribution in [2.45, 2.75) is 37.9 Å². The van der Waals surface area contributed by atoms with E-state index in [0.29, 0.717) is 5.82 Å². The number of sulfonamides is 1. The molecule has 31 heavy (non-hydrogen) atoms. The van der Waals surface area contributed by atoms with E-state index < -0.39 is 10.0 Å². The number of ether oxygens (including phenoxy) is 1. The Morgan fingerprint density at radius 2 is 1.87 bits per heavy atom. The van der Waals surface area contributed by atoms with Gasteiger partial charge in [-0.05, 0) is 36.2 Å². The quantitative estimate of drug-likeness (QED) is 0.604. The van der Waals surface area contributed by atoms with E-state index in [-0.39, 0.29) is 11.4 Å². The summed E-state index contributed by atoms with van der Waals surface area (Å²) in [7, 11) is -1.90. The Kier molecular flexibility index (Phi) is 6.35. The molecule has 0 fully saturated rings. The molecule has 1 aromatic heterocycles. The second-order valence-electron chi connectivity index (χ2n) is 7.65. The van der Waals surface area contributed by atoms with E-state index in [2.05, 4.69) is 38.9 Å². The van der Waals surface area contributed by atoms with Gasteiger partial charge < -0.3 is 9.30 Å². The van der Waals surface area contributed by atoms with Crippen LogP contribution in [0.3, 0.4) is 0 Å². The maximum Gasteiger partial charge on any atom is 0.240 e. The summed E-state index contributed by atoms with van der Waals surface area (Å²) in [6.07, 6.45) is 0.771. The zero-order valence-corrected chi connectivity index (χ0v) is 18.6. The van der Waals surface area contributed by atoms with Crippen molar-refractivity contribution in [3.8, 4) is 5.75 Å². The van der Waals surface area contributed by atoms with Crippen molar-refractivity contribution in [2.75, 3.05) is 20.2 Å². The van der Waals surface area contributed by atoms with Crippen molar-refractivity contribution in [1.29, 1.82) is 0 Å². The van der Waals surface area contributed by atoms with Gasteiger partial charge in [0.05, 0.1) is 18.6 Å². The number of benzene rings is 2. The average molecular weight is 442 g/mol. The molecule has 164 valence electrons. The molecule has 0 saturated heterocycles. The number of hydrogen-bond donors (Lipinski definition) is 1. The Hall–Kier alpha value is -2.75. The van der Waals surface area contributed by atoms with Gasteiger partial charge in [0, 0.05) is 32.6 Å². The van der Waals surface area contributed by atoms with Crippen molar-refractivity contribution in [1.82, 2.24) is 24.4 Å². The second kappa shape index (κ2) is 9.17. The molecule has 3 aromatic rings. The van der Waals surface area contributed by atoms with Crippen LogP contribution in [0.1, 0.15) is 22.8 Å². The minimum absolute atomic E-state index is 0.113. The van der Waals surface area contributed by atoms with Gasteiger partial charge in [0.1, 0.15) is 17.4 Å². The smallest absolute Gasteiger partial charge is 0.240 e. The summed E-state index contributed by atoms with van der Waals surface area (Å²) in [6.45, 7) is 5.45. The van der Waals surface area contributed by atoms with E-state index in [9.17, 15) is 8.42 Å². The zero-order valence-electron chi connectivity index (χ0n) is 17.8. The summed E-state index contributed by atoms with van der Waals surface area (Å²) in [5.74, 6) is 2.42. The van der Waals surface area contributed by atoms with Crippen LogP contribution in [0.15, 0.2) is 53.4 Å². The predicted octanol–water partition coefficient (Wildman–Crippen LogP) is 2.13. The normalized spacial score (nSPS) is 14.8. The number of methoxy groups -OCH3 is 1. The molecule has 0 aliphatic carbocycles. The van der Waals surface area contributed by atoms with Gasteiger partial charge in [-0.2, -0.15) is 0 Å².